The third-order valence-electron chi connectivity index (χ3n) is 4.44. The van der Waals surface area contributed by atoms with E-state index >= 15 is 0 Å². The van der Waals surface area contributed by atoms with Crippen LogP contribution in [0.5, 0.6) is 0 Å². The Kier molecular flexibility index (Phi) is 2.29. The van der Waals surface area contributed by atoms with Gasteiger partial charge in [0.25, 0.3) is 0 Å². The fourth-order valence-corrected chi connectivity index (χ4v) is 3.23. The zero-order valence-electron chi connectivity index (χ0n) is 9.04. The normalized spacial score (nSPS) is 43.9. The van der Waals surface area contributed by atoms with Crippen LogP contribution in [-0.2, 0) is 4.74 Å². The second-order valence-corrected chi connectivity index (χ2v) is 5.36. The number of fused-ring (bicyclic) bond motifs is 2. The number of ether oxygens (including phenoxy) is 1. The Morgan fingerprint density at radius 3 is 2.57 bits per heavy atom. The molecule has 1 N–H and O–H groups in total. The Balaban J connectivity index is 1.52. The van der Waals surface area contributed by atoms with Crippen LogP contribution in [0.2, 0.25) is 0 Å². The molecule has 2 aliphatic heterocycles. The first-order valence-corrected chi connectivity index (χ1v) is 6.24. The van der Waals surface area contributed by atoms with Gasteiger partial charge in [0.15, 0.2) is 0 Å². The summed E-state index contributed by atoms with van der Waals surface area (Å²) in [6.07, 6.45) is 9.33. The van der Waals surface area contributed by atoms with Crippen molar-refractivity contribution in [3.05, 3.63) is 0 Å². The lowest BCUT2D eigenvalue weighted by molar-refractivity contribution is 0.0932. The van der Waals surface area contributed by atoms with Crippen LogP contribution in [-0.4, -0.2) is 24.3 Å². The molecule has 3 rings (SSSR count). The van der Waals surface area contributed by atoms with Gasteiger partial charge in [0, 0.05) is 12.1 Å². The maximum absolute atomic E-state index is 5.85. The van der Waals surface area contributed by atoms with Crippen molar-refractivity contribution in [3.8, 4) is 0 Å². The molecule has 0 radical (unpaired) electrons. The molecule has 0 aromatic carbocycles. The van der Waals surface area contributed by atoms with Crippen molar-refractivity contribution in [2.24, 2.45) is 5.92 Å². The first-order valence-electron chi connectivity index (χ1n) is 6.24. The van der Waals surface area contributed by atoms with Crippen LogP contribution in [0.25, 0.3) is 0 Å². The Hall–Kier alpha value is -0.0800. The van der Waals surface area contributed by atoms with Crippen molar-refractivity contribution >= 4 is 0 Å². The molecule has 80 valence electrons. The van der Waals surface area contributed by atoms with Crippen molar-refractivity contribution in [2.75, 3.05) is 0 Å². The average Bonchev–Trinajstić information content (AvgIpc) is 2.60. The topological polar surface area (TPSA) is 21.3 Å². The summed E-state index contributed by atoms with van der Waals surface area (Å²) in [5.41, 5.74) is 0. The van der Waals surface area contributed by atoms with Gasteiger partial charge >= 0.3 is 0 Å². The van der Waals surface area contributed by atoms with Crippen LogP contribution in [0.4, 0.5) is 0 Å². The van der Waals surface area contributed by atoms with E-state index in [0.29, 0.717) is 18.2 Å². The van der Waals surface area contributed by atoms with Crippen molar-refractivity contribution in [1.29, 1.82) is 0 Å². The molecule has 0 amide bonds. The molecule has 0 aromatic heterocycles. The highest BCUT2D eigenvalue weighted by molar-refractivity contribution is 4.96. The van der Waals surface area contributed by atoms with Gasteiger partial charge < -0.3 is 10.1 Å². The molecule has 1 aliphatic carbocycles. The van der Waals surface area contributed by atoms with Gasteiger partial charge in [0.2, 0.25) is 0 Å². The maximum Gasteiger partial charge on any atom is 0.0733 e. The van der Waals surface area contributed by atoms with Gasteiger partial charge in [-0.3, -0.25) is 0 Å². The van der Waals surface area contributed by atoms with Crippen molar-refractivity contribution in [3.63, 3.8) is 0 Å². The minimum absolute atomic E-state index is 0.544. The third kappa shape index (κ3) is 1.49. The van der Waals surface area contributed by atoms with Gasteiger partial charge in [-0.25, -0.2) is 0 Å². The van der Waals surface area contributed by atoms with Crippen LogP contribution in [0, 0.1) is 5.92 Å². The Morgan fingerprint density at radius 1 is 1.21 bits per heavy atom. The quantitative estimate of drug-likeness (QED) is 0.744. The Bertz CT molecular complexity index is 214. The Labute approximate surface area is 86.4 Å². The highest BCUT2D eigenvalue weighted by Crippen LogP contribution is 2.36. The number of hydrogen-bond acceptors (Lipinski definition) is 2. The van der Waals surface area contributed by atoms with E-state index in [4.69, 9.17) is 4.74 Å². The van der Waals surface area contributed by atoms with Crippen molar-refractivity contribution in [2.45, 2.75) is 69.7 Å². The fourth-order valence-electron chi connectivity index (χ4n) is 3.23. The summed E-state index contributed by atoms with van der Waals surface area (Å²) < 4.78 is 5.85. The second-order valence-electron chi connectivity index (χ2n) is 5.36. The van der Waals surface area contributed by atoms with E-state index in [1.807, 2.05) is 0 Å². The van der Waals surface area contributed by atoms with Crippen LogP contribution in [0.15, 0.2) is 0 Å². The molecule has 2 heteroatoms. The van der Waals surface area contributed by atoms with E-state index < -0.39 is 0 Å². The van der Waals surface area contributed by atoms with Gasteiger partial charge in [0.1, 0.15) is 0 Å². The van der Waals surface area contributed by atoms with Gasteiger partial charge in [-0.2, -0.15) is 0 Å². The first kappa shape index (κ1) is 9.17. The zero-order chi connectivity index (χ0) is 9.54. The van der Waals surface area contributed by atoms with Crippen LogP contribution in [0.1, 0.15) is 45.4 Å². The molecule has 2 nitrogen and oxygen atoms in total. The molecule has 0 aromatic rings. The van der Waals surface area contributed by atoms with Crippen LogP contribution < -0.4 is 5.32 Å². The second kappa shape index (κ2) is 3.49. The molecule has 3 fully saturated rings. The highest BCUT2D eigenvalue weighted by Gasteiger charge is 2.41. The van der Waals surface area contributed by atoms with E-state index in [0.717, 1.165) is 12.0 Å². The standard InChI is InChI=1S/C12H21NO/c1-8(9-3-2-4-9)13-11-7-10-5-6-12(11)14-10/h8-13H,2-7H2,1H3/t8?,10?,11-,12?/m0/s1. The molecule has 3 aliphatic rings. The van der Waals surface area contributed by atoms with Crippen LogP contribution in [0.3, 0.4) is 0 Å². The monoisotopic (exact) mass is 195 g/mol. The minimum atomic E-state index is 0.544. The van der Waals surface area contributed by atoms with E-state index in [9.17, 15) is 0 Å². The molecule has 2 saturated heterocycles. The lowest BCUT2D eigenvalue weighted by atomic mass is 9.79. The summed E-state index contributed by atoms with van der Waals surface area (Å²) in [5, 5.41) is 3.79. The highest BCUT2D eigenvalue weighted by atomic mass is 16.5. The molecule has 14 heavy (non-hydrogen) atoms. The zero-order valence-corrected chi connectivity index (χ0v) is 9.04. The molecule has 2 heterocycles. The fraction of sp³-hybridized carbons (Fsp3) is 1.00. The van der Waals surface area contributed by atoms with Crippen LogP contribution >= 0.6 is 0 Å². The van der Waals surface area contributed by atoms with E-state index in [1.54, 1.807) is 0 Å². The minimum Gasteiger partial charge on any atom is -0.373 e. The first-order chi connectivity index (χ1) is 6.83. The van der Waals surface area contributed by atoms with Gasteiger partial charge in [-0.05, 0) is 44.9 Å². The summed E-state index contributed by atoms with van der Waals surface area (Å²) in [5.74, 6) is 0.953. The van der Waals surface area contributed by atoms with Crippen molar-refractivity contribution < 1.29 is 4.74 Å². The lowest BCUT2D eigenvalue weighted by Gasteiger charge is -2.35. The summed E-state index contributed by atoms with van der Waals surface area (Å²) in [6, 6.07) is 1.39. The predicted octanol–water partition coefficient (Wildman–Crippen LogP) is 2.08. The van der Waals surface area contributed by atoms with E-state index in [1.165, 1.54) is 38.5 Å². The maximum atomic E-state index is 5.85. The van der Waals surface area contributed by atoms with Gasteiger partial charge in [0.05, 0.1) is 12.2 Å². The largest absolute Gasteiger partial charge is 0.373 e. The Morgan fingerprint density at radius 2 is 2.07 bits per heavy atom. The molecular formula is C12H21NO. The molecule has 4 atom stereocenters. The third-order valence-corrected chi connectivity index (χ3v) is 4.44. The average molecular weight is 195 g/mol. The molecular weight excluding hydrogens is 174 g/mol. The molecule has 0 spiro atoms. The summed E-state index contributed by atoms with van der Waals surface area (Å²) in [6.45, 7) is 2.36. The number of hydrogen-bond donors (Lipinski definition) is 1. The smallest absolute Gasteiger partial charge is 0.0733 e. The summed E-state index contributed by atoms with van der Waals surface area (Å²) in [7, 11) is 0. The number of nitrogens with one attached hydrogen (secondary N) is 1. The summed E-state index contributed by atoms with van der Waals surface area (Å²) in [4.78, 5) is 0. The van der Waals surface area contributed by atoms with E-state index in [-0.39, 0.29) is 0 Å². The SMILES string of the molecule is CC(N[C@H]1CC2CCC1O2)C1CCC1. The van der Waals surface area contributed by atoms with E-state index in [2.05, 4.69) is 12.2 Å². The van der Waals surface area contributed by atoms with Gasteiger partial charge in [-0.15, -0.1) is 0 Å². The van der Waals surface area contributed by atoms with Gasteiger partial charge in [-0.1, -0.05) is 6.42 Å². The lowest BCUT2D eigenvalue weighted by Crippen LogP contribution is -2.47. The van der Waals surface area contributed by atoms with Crippen molar-refractivity contribution in [1.82, 2.24) is 5.32 Å². The molecule has 2 bridgehead atoms. The summed E-state index contributed by atoms with van der Waals surface area (Å²) >= 11 is 0. The predicted molar refractivity (Wildman–Crippen MR) is 56.2 cm³/mol. The molecule has 3 unspecified atom stereocenters. The molecule has 1 saturated carbocycles. The number of rotatable bonds is 3.